The van der Waals surface area contributed by atoms with Gasteiger partial charge < -0.3 is 15.4 Å². The topological polar surface area (TPSA) is 99.3 Å². The molecule has 1 aromatic heterocycles. The number of aromatic hydroxyl groups is 1. The molecule has 0 fully saturated rings. The normalized spacial score (nSPS) is 12.0. The van der Waals surface area contributed by atoms with Crippen LogP contribution in [0, 0.1) is 0 Å². The van der Waals surface area contributed by atoms with E-state index in [-0.39, 0.29) is 11.5 Å². The van der Waals surface area contributed by atoms with Crippen molar-refractivity contribution in [1.29, 1.82) is 0 Å². The number of anilines is 1. The van der Waals surface area contributed by atoms with Crippen LogP contribution in [0.1, 0.15) is 5.56 Å². The molecule has 3 aromatic rings. The first-order chi connectivity index (χ1) is 11.5. The molecule has 122 valence electrons. The van der Waals surface area contributed by atoms with Crippen LogP contribution in [0.4, 0.5) is 5.82 Å². The fourth-order valence-corrected chi connectivity index (χ4v) is 2.93. The van der Waals surface area contributed by atoms with Crippen molar-refractivity contribution in [1.82, 2.24) is 4.98 Å². The maximum atomic E-state index is 10.7. The van der Waals surface area contributed by atoms with Crippen molar-refractivity contribution in [3.8, 4) is 28.0 Å². The van der Waals surface area contributed by atoms with Gasteiger partial charge >= 0.3 is 0 Å². The van der Waals surface area contributed by atoms with E-state index in [0.29, 0.717) is 5.82 Å². The van der Waals surface area contributed by atoms with E-state index in [1.165, 1.54) is 0 Å². The van der Waals surface area contributed by atoms with Crippen molar-refractivity contribution in [2.75, 3.05) is 5.73 Å². The Labute approximate surface area is 142 Å². The van der Waals surface area contributed by atoms with Gasteiger partial charge in [-0.2, -0.15) is 0 Å². The molecule has 0 spiro atoms. The third kappa shape index (κ3) is 3.61. The van der Waals surface area contributed by atoms with Gasteiger partial charge in [0.25, 0.3) is 0 Å². The van der Waals surface area contributed by atoms with Crippen LogP contribution in [0.2, 0.25) is 0 Å². The Hall–Kier alpha value is -2.70. The van der Waals surface area contributed by atoms with Gasteiger partial charge in [-0.25, -0.2) is 4.98 Å². The molecule has 0 saturated carbocycles. The smallest absolute Gasteiger partial charge is 0.131 e. The summed E-state index contributed by atoms with van der Waals surface area (Å²) in [5.41, 5.74) is 9.97. The van der Waals surface area contributed by atoms with Crippen LogP contribution >= 0.6 is 0 Å². The molecule has 24 heavy (non-hydrogen) atoms. The second-order valence-corrected chi connectivity index (χ2v) is 6.25. The molecule has 3 N–H and O–H groups in total. The van der Waals surface area contributed by atoms with E-state index < -0.39 is 11.1 Å². The Balaban J connectivity index is 1.98. The maximum Gasteiger partial charge on any atom is 0.131 e. The second kappa shape index (κ2) is 6.82. The quantitative estimate of drug-likeness (QED) is 0.712. The molecule has 1 atom stereocenters. The zero-order chi connectivity index (χ0) is 17.1. The van der Waals surface area contributed by atoms with E-state index in [4.69, 9.17) is 5.73 Å². The Morgan fingerprint density at radius 1 is 1.04 bits per heavy atom. The average molecular weight is 339 g/mol. The van der Waals surface area contributed by atoms with Crippen molar-refractivity contribution >= 4 is 16.9 Å². The first-order valence-electron chi connectivity index (χ1n) is 7.23. The minimum atomic E-state index is -2.10. The van der Waals surface area contributed by atoms with E-state index in [9.17, 15) is 13.9 Å². The molecule has 6 heteroatoms. The zero-order valence-electron chi connectivity index (χ0n) is 12.7. The van der Waals surface area contributed by atoms with Gasteiger partial charge in [0.05, 0.1) is 0 Å². The van der Waals surface area contributed by atoms with Gasteiger partial charge in [-0.15, -0.1) is 0 Å². The molecule has 0 amide bonds. The van der Waals surface area contributed by atoms with Gasteiger partial charge in [0.2, 0.25) is 0 Å². The minimum Gasteiger partial charge on any atom is -0.772 e. The molecule has 0 saturated heterocycles. The van der Waals surface area contributed by atoms with Crippen molar-refractivity contribution in [2.24, 2.45) is 0 Å². The van der Waals surface area contributed by atoms with E-state index in [2.05, 4.69) is 4.98 Å². The molecule has 1 heterocycles. The lowest BCUT2D eigenvalue weighted by Gasteiger charge is -2.10. The third-order valence-electron chi connectivity index (χ3n) is 3.65. The summed E-state index contributed by atoms with van der Waals surface area (Å²) < 4.78 is 21.5. The molecule has 3 rings (SSSR count). The van der Waals surface area contributed by atoms with Crippen molar-refractivity contribution < 1.29 is 13.9 Å². The predicted octanol–water partition coefficient (Wildman–Crippen LogP) is 3.08. The summed E-state index contributed by atoms with van der Waals surface area (Å²) in [7, 11) is 0. The molecule has 0 aliphatic rings. The summed E-state index contributed by atoms with van der Waals surface area (Å²) in [6.07, 6.45) is 1.67. The van der Waals surface area contributed by atoms with E-state index in [0.717, 1.165) is 27.8 Å². The predicted molar refractivity (Wildman–Crippen MR) is 93.8 cm³/mol. The van der Waals surface area contributed by atoms with E-state index in [1.807, 2.05) is 24.3 Å². The summed E-state index contributed by atoms with van der Waals surface area (Å²) in [6, 6.07) is 16.0. The largest absolute Gasteiger partial charge is 0.772 e. The van der Waals surface area contributed by atoms with Gasteiger partial charge in [0.1, 0.15) is 11.6 Å². The lowest BCUT2D eigenvalue weighted by Crippen LogP contribution is -1.95. The van der Waals surface area contributed by atoms with Crippen LogP contribution in [0.5, 0.6) is 5.75 Å². The Kier molecular flexibility index (Phi) is 4.59. The molecule has 0 radical (unpaired) electrons. The van der Waals surface area contributed by atoms with Crippen LogP contribution in [0.3, 0.4) is 0 Å². The highest BCUT2D eigenvalue weighted by Gasteiger charge is 2.08. The molecule has 5 nitrogen and oxygen atoms in total. The Morgan fingerprint density at radius 3 is 2.46 bits per heavy atom. The number of nitrogens with zero attached hydrogens (tertiary/aromatic N) is 1. The van der Waals surface area contributed by atoms with Crippen LogP contribution in [0.25, 0.3) is 22.3 Å². The standard InChI is InChI=1S/C18H16N2O3S/c19-18-17(14-2-1-3-16(21)8-14)9-15(10-20-18)13-6-4-12(5-7-13)11-24(22)23/h1-10,21H,11H2,(H2,19,20)(H,22,23)/p-1. The van der Waals surface area contributed by atoms with Gasteiger partial charge in [-0.1, -0.05) is 47.5 Å². The van der Waals surface area contributed by atoms with Crippen LogP contribution in [-0.2, 0) is 16.8 Å². The number of nitrogens with two attached hydrogens (primary N) is 1. The average Bonchev–Trinajstić information content (AvgIpc) is 2.55. The summed E-state index contributed by atoms with van der Waals surface area (Å²) in [5.74, 6) is 0.532. The molecular weight excluding hydrogens is 324 g/mol. The monoisotopic (exact) mass is 339 g/mol. The molecule has 0 bridgehead atoms. The first-order valence-corrected chi connectivity index (χ1v) is 8.47. The SMILES string of the molecule is Nc1ncc(-c2ccc(CS(=O)[O-])cc2)cc1-c1cccc(O)c1. The highest BCUT2D eigenvalue weighted by atomic mass is 32.2. The van der Waals surface area contributed by atoms with Crippen LogP contribution in [-0.4, -0.2) is 18.9 Å². The summed E-state index contributed by atoms with van der Waals surface area (Å²) >= 11 is -2.10. The molecule has 1 unspecified atom stereocenters. The zero-order valence-corrected chi connectivity index (χ0v) is 13.5. The van der Waals surface area contributed by atoms with E-state index >= 15 is 0 Å². The van der Waals surface area contributed by atoms with Gasteiger partial charge in [0.15, 0.2) is 0 Å². The molecule has 2 aromatic carbocycles. The number of hydrogen-bond donors (Lipinski definition) is 2. The number of pyridine rings is 1. The number of aromatic nitrogens is 1. The highest BCUT2D eigenvalue weighted by Crippen LogP contribution is 2.31. The summed E-state index contributed by atoms with van der Waals surface area (Å²) in [6.45, 7) is 0. The molecule has 0 aliphatic carbocycles. The molecule has 0 aliphatic heterocycles. The van der Waals surface area contributed by atoms with Crippen molar-refractivity contribution in [3.63, 3.8) is 0 Å². The Bertz CT molecular complexity index is 895. The number of hydrogen-bond acceptors (Lipinski definition) is 5. The summed E-state index contributed by atoms with van der Waals surface area (Å²) in [5, 5.41) is 9.64. The number of phenolic OH excluding ortho intramolecular Hbond substituents is 1. The van der Waals surface area contributed by atoms with Crippen molar-refractivity contribution in [2.45, 2.75) is 5.75 Å². The van der Waals surface area contributed by atoms with Crippen LogP contribution in [0.15, 0.2) is 60.8 Å². The number of rotatable bonds is 4. The van der Waals surface area contributed by atoms with Crippen molar-refractivity contribution in [3.05, 3.63) is 66.4 Å². The Morgan fingerprint density at radius 2 is 1.79 bits per heavy atom. The maximum absolute atomic E-state index is 10.7. The lowest BCUT2D eigenvalue weighted by molar-refractivity contribution is 0.475. The highest BCUT2D eigenvalue weighted by molar-refractivity contribution is 7.78. The summed E-state index contributed by atoms with van der Waals surface area (Å²) in [4.78, 5) is 4.23. The first kappa shape index (κ1) is 16.2. The fraction of sp³-hybridized carbons (Fsp3) is 0.0556. The number of benzene rings is 2. The van der Waals surface area contributed by atoms with Crippen LogP contribution < -0.4 is 5.73 Å². The molecular formula is C18H15N2O3S-. The minimum absolute atomic E-state index is 0.00515. The van der Waals surface area contributed by atoms with Gasteiger partial charge in [0, 0.05) is 23.1 Å². The third-order valence-corrected chi connectivity index (χ3v) is 4.22. The van der Waals surface area contributed by atoms with E-state index in [1.54, 1.807) is 36.5 Å². The fourth-order valence-electron chi connectivity index (χ4n) is 2.47. The van der Waals surface area contributed by atoms with Gasteiger partial charge in [-0.3, -0.25) is 4.21 Å². The lowest BCUT2D eigenvalue weighted by atomic mass is 10.0. The number of phenols is 1. The number of nitrogen functional groups attached to an aromatic ring is 1. The second-order valence-electron chi connectivity index (χ2n) is 5.35. The van der Waals surface area contributed by atoms with Gasteiger partial charge in [-0.05, 0) is 34.9 Å².